The highest BCUT2D eigenvalue weighted by Gasteiger charge is 2.27. The number of anilines is 1. The lowest BCUT2D eigenvalue weighted by atomic mass is 10.1. The van der Waals surface area contributed by atoms with Gasteiger partial charge in [-0.05, 0) is 31.0 Å². The van der Waals surface area contributed by atoms with Gasteiger partial charge >= 0.3 is 5.97 Å². The third-order valence-electron chi connectivity index (χ3n) is 4.87. The summed E-state index contributed by atoms with van der Waals surface area (Å²) in [5.41, 5.74) is 0.718. The number of nitrogens with zero attached hydrogens (tertiary/aromatic N) is 3. The molecule has 0 radical (unpaired) electrons. The Hall–Kier alpha value is -2.64. The monoisotopic (exact) mass is 436 g/mol. The van der Waals surface area contributed by atoms with Crippen molar-refractivity contribution < 1.29 is 22.7 Å². The molecular formula is C20H28N4O5S. The summed E-state index contributed by atoms with van der Waals surface area (Å²) in [7, 11) is -3.75. The molecule has 0 aliphatic carbocycles. The van der Waals surface area contributed by atoms with E-state index in [2.05, 4.69) is 5.32 Å². The Kier molecular flexibility index (Phi) is 8.62. The van der Waals surface area contributed by atoms with Crippen molar-refractivity contribution >= 4 is 27.6 Å². The lowest BCUT2D eigenvalue weighted by Gasteiger charge is -2.23. The molecule has 10 heteroatoms. The normalized spacial score (nSPS) is 13.9. The fraction of sp³-hybridized carbons (Fsp3) is 0.550. The maximum atomic E-state index is 12.9. The summed E-state index contributed by atoms with van der Waals surface area (Å²) in [6.07, 6.45) is 2.12. The minimum Gasteiger partial charge on any atom is -0.452 e. The molecule has 0 spiro atoms. The van der Waals surface area contributed by atoms with Crippen molar-refractivity contribution in [1.29, 1.82) is 5.26 Å². The molecule has 1 aliphatic heterocycles. The van der Waals surface area contributed by atoms with Gasteiger partial charge in [-0.3, -0.25) is 4.79 Å². The van der Waals surface area contributed by atoms with Crippen LogP contribution < -0.4 is 10.2 Å². The summed E-state index contributed by atoms with van der Waals surface area (Å²) >= 11 is 0. The molecule has 1 fully saturated rings. The van der Waals surface area contributed by atoms with Gasteiger partial charge in [0.1, 0.15) is 0 Å². The van der Waals surface area contributed by atoms with Gasteiger partial charge in [-0.25, -0.2) is 13.2 Å². The quantitative estimate of drug-likeness (QED) is 0.436. The average Bonchev–Trinajstić information content (AvgIpc) is 3.27. The van der Waals surface area contributed by atoms with Gasteiger partial charge in [0, 0.05) is 32.7 Å². The van der Waals surface area contributed by atoms with Gasteiger partial charge in [0.05, 0.1) is 28.6 Å². The minimum atomic E-state index is -3.75. The first kappa shape index (κ1) is 23.6. The van der Waals surface area contributed by atoms with Crippen molar-refractivity contribution in [1.82, 2.24) is 9.62 Å². The van der Waals surface area contributed by atoms with E-state index < -0.39 is 28.5 Å². The number of esters is 1. The molecule has 30 heavy (non-hydrogen) atoms. The highest BCUT2D eigenvalue weighted by Crippen LogP contribution is 2.29. The smallest absolute Gasteiger partial charge is 0.340 e. The molecule has 1 saturated heterocycles. The summed E-state index contributed by atoms with van der Waals surface area (Å²) in [6.45, 7) is 5.32. The lowest BCUT2D eigenvalue weighted by Crippen LogP contribution is -2.31. The van der Waals surface area contributed by atoms with E-state index in [0.29, 0.717) is 18.8 Å². The van der Waals surface area contributed by atoms with Crippen LogP contribution in [0.5, 0.6) is 0 Å². The highest BCUT2D eigenvalue weighted by atomic mass is 32.2. The lowest BCUT2D eigenvalue weighted by molar-refractivity contribution is -0.124. The average molecular weight is 437 g/mol. The van der Waals surface area contributed by atoms with Gasteiger partial charge in [-0.2, -0.15) is 9.57 Å². The molecule has 1 aromatic rings. The van der Waals surface area contributed by atoms with Gasteiger partial charge < -0.3 is 15.0 Å². The predicted octanol–water partition coefficient (Wildman–Crippen LogP) is 1.50. The van der Waals surface area contributed by atoms with Crippen molar-refractivity contribution in [3.63, 3.8) is 0 Å². The summed E-state index contributed by atoms with van der Waals surface area (Å²) < 4.78 is 32.2. The summed E-state index contributed by atoms with van der Waals surface area (Å²) in [5, 5.41) is 11.0. The van der Waals surface area contributed by atoms with Crippen molar-refractivity contribution in [2.75, 3.05) is 44.2 Å². The molecule has 1 N–H and O–H groups in total. The van der Waals surface area contributed by atoms with Crippen LogP contribution in [0, 0.1) is 11.3 Å². The molecule has 1 heterocycles. The second-order valence-electron chi connectivity index (χ2n) is 6.80. The first-order valence-corrected chi connectivity index (χ1v) is 11.5. The number of benzene rings is 1. The Bertz CT molecular complexity index is 900. The Labute approximate surface area is 177 Å². The van der Waals surface area contributed by atoms with Crippen molar-refractivity contribution in [3.05, 3.63) is 23.8 Å². The third-order valence-corrected chi connectivity index (χ3v) is 6.92. The Morgan fingerprint density at radius 3 is 2.50 bits per heavy atom. The molecule has 0 atom stereocenters. The van der Waals surface area contributed by atoms with E-state index in [-0.39, 0.29) is 23.4 Å². The molecule has 0 bridgehead atoms. The molecule has 1 amide bonds. The fourth-order valence-corrected chi connectivity index (χ4v) is 4.79. The zero-order valence-electron chi connectivity index (χ0n) is 17.4. The minimum absolute atomic E-state index is 0.0135. The number of nitrogens with one attached hydrogen (secondary N) is 1. The van der Waals surface area contributed by atoms with Crippen LogP contribution in [0.3, 0.4) is 0 Å². The standard InChI is InChI=1S/C20H28N4O5S/c1-3-24(4-2)30(27,28)16-8-9-18(23-12-5-6-13-23)17(14-16)20(26)29-15-19(25)22-11-7-10-21/h8-9,14H,3-7,11-13,15H2,1-2H3,(H,22,25). The molecule has 0 saturated carbocycles. The maximum absolute atomic E-state index is 12.9. The Balaban J connectivity index is 2.28. The number of rotatable bonds is 10. The molecular weight excluding hydrogens is 408 g/mol. The van der Waals surface area contributed by atoms with E-state index in [1.807, 2.05) is 11.0 Å². The summed E-state index contributed by atoms with van der Waals surface area (Å²) in [6, 6.07) is 6.37. The van der Waals surface area contributed by atoms with Crippen molar-refractivity contribution in [2.24, 2.45) is 0 Å². The van der Waals surface area contributed by atoms with Crippen LogP contribution in [0.15, 0.2) is 23.1 Å². The van der Waals surface area contributed by atoms with Gasteiger partial charge in [-0.1, -0.05) is 13.8 Å². The topological polar surface area (TPSA) is 120 Å². The molecule has 0 aromatic heterocycles. The van der Waals surface area contributed by atoms with E-state index >= 15 is 0 Å². The zero-order chi connectivity index (χ0) is 22.1. The van der Waals surface area contributed by atoms with Crippen LogP contribution in [-0.2, 0) is 19.6 Å². The number of nitriles is 1. The van der Waals surface area contributed by atoms with Crippen LogP contribution in [0.4, 0.5) is 5.69 Å². The SMILES string of the molecule is CCN(CC)S(=O)(=O)c1ccc(N2CCCC2)c(C(=O)OCC(=O)NCCC#N)c1. The van der Waals surface area contributed by atoms with E-state index in [1.165, 1.54) is 16.4 Å². The van der Waals surface area contributed by atoms with Crippen LogP contribution in [-0.4, -0.2) is 63.9 Å². The van der Waals surface area contributed by atoms with Gasteiger partial charge in [-0.15, -0.1) is 0 Å². The molecule has 1 aliphatic rings. The van der Waals surface area contributed by atoms with E-state index in [9.17, 15) is 18.0 Å². The summed E-state index contributed by atoms with van der Waals surface area (Å²) in [4.78, 5) is 26.6. The number of ether oxygens (including phenoxy) is 1. The predicted molar refractivity (Wildman–Crippen MR) is 112 cm³/mol. The van der Waals surface area contributed by atoms with Crippen LogP contribution >= 0.6 is 0 Å². The zero-order valence-corrected chi connectivity index (χ0v) is 18.2. The number of carbonyl (C=O) groups excluding carboxylic acids is 2. The first-order valence-electron chi connectivity index (χ1n) is 10.0. The number of hydrogen-bond acceptors (Lipinski definition) is 7. The van der Waals surface area contributed by atoms with Crippen LogP contribution in [0.25, 0.3) is 0 Å². The van der Waals surface area contributed by atoms with Crippen molar-refractivity contribution in [3.8, 4) is 6.07 Å². The largest absolute Gasteiger partial charge is 0.452 e. The fourth-order valence-electron chi connectivity index (χ4n) is 3.30. The summed E-state index contributed by atoms with van der Waals surface area (Å²) in [5.74, 6) is -1.28. The number of amides is 1. The maximum Gasteiger partial charge on any atom is 0.340 e. The Morgan fingerprint density at radius 1 is 1.23 bits per heavy atom. The van der Waals surface area contributed by atoms with E-state index in [0.717, 1.165) is 25.9 Å². The molecule has 2 rings (SSSR count). The van der Waals surface area contributed by atoms with E-state index in [1.54, 1.807) is 19.9 Å². The van der Waals surface area contributed by atoms with Gasteiger partial charge in [0.2, 0.25) is 10.0 Å². The second kappa shape index (κ2) is 10.9. The molecule has 0 unspecified atom stereocenters. The van der Waals surface area contributed by atoms with Crippen LogP contribution in [0.2, 0.25) is 0 Å². The second-order valence-corrected chi connectivity index (χ2v) is 8.73. The number of hydrogen-bond donors (Lipinski definition) is 1. The van der Waals surface area contributed by atoms with E-state index in [4.69, 9.17) is 10.00 Å². The number of carbonyl (C=O) groups is 2. The van der Waals surface area contributed by atoms with Crippen LogP contribution in [0.1, 0.15) is 43.5 Å². The van der Waals surface area contributed by atoms with Gasteiger partial charge in [0.25, 0.3) is 5.91 Å². The highest BCUT2D eigenvalue weighted by molar-refractivity contribution is 7.89. The van der Waals surface area contributed by atoms with Gasteiger partial charge in [0.15, 0.2) is 6.61 Å². The molecule has 1 aromatic carbocycles. The third kappa shape index (κ3) is 5.70. The van der Waals surface area contributed by atoms with Crippen molar-refractivity contribution in [2.45, 2.75) is 38.0 Å². The number of sulfonamides is 1. The first-order chi connectivity index (χ1) is 14.3. The molecule has 9 nitrogen and oxygen atoms in total. The Morgan fingerprint density at radius 2 is 1.90 bits per heavy atom. The molecule has 164 valence electrons.